The van der Waals surface area contributed by atoms with Gasteiger partial charge in [0.25, 0.3) is 0 Å². The molecule has 0 fully saturated rings. The summed E-state index contributed by atoms with van der Waals surface area (Å²) in [6.45, 7) is 17.1. The first-order valence-corrected chi connectivity index (χ1v) is 6.29. The molecule has 2 heteroatoms. The molecule has 0 radical (unpaired) electrons. The second kappa shape index (κ2) is 4.40. The molecule has 0 aromatic heterocycles. The normalized spacial score (nSPS) is 20.7. The Hall–Kier alpha value is -0.500. The van der Waals surface area contributed by atoms with Crippen molar-refractivity contribution in [2.75, 3.05) is 26.7 Å². The van der Waals surface area contributed by atoms with Gasteiger partial charge in [-0.3, -0.25) is 0 Å². The molecule has 0 aromatic rings. The van der Waals surface area contributed by atoms with E-state index in [1.165, 1.54) is 5.70 Å². The van der Waals surface area contributed by atoms with Crippen molar-refractivity contribution in [3.05, 3.63) is 11.3 Å². The molecule has 0 spiro atoms. The van der Waals surface area contributed by atoms with Gasteiger partial charge in [0, 0.05) is 30.7 Å². The average Bonchev–Trinajstić information content (AvgIpc) is 2.23. The van der Waals surface area contributed by atoms with Gasteiger partial charge in [-0.05, 0) is 18.0 Å². The van der Waals surface area contributed by atoms with Crippen molar-refractivity contribution < 1.29 is 0 Å². The van der Waals surface area contributed by atoms with Crippen molar-refractivity contribution in [2.45, 2.75) is 41.5 Å². The first-order chi connectivity index (χ1) is 7.12. The number of allylic oxidation sites excluding steroid dienone is 1. The average molecular weight is 224 g/mol. The molecule has 0 saturated heterocycles. The van der Waals surface area contributed by atoms with Crippen LogP contribution in [0.5, 0.6) is 0 Å². The van der Waals surface area contributed by atoms with E-state index in [4.69, 9.17) is 0 Å². The lowest BCUT2D eigenvalue weighted by molar-refractivity contribution is 0.342. The predicted molar refractivity (Wildman–Crippen MR) is 71.4 cm³/mol. The molecule has 0 bridgehead atoms. The van der Waals surface area contributed by atoms with Crippen LogP contribution < -0.4 is 5.32 Å². The highest BCUT2D eigenvalue weighted by molar-refractivity contribution is 5.26. The molecule has 1 heterocycles. The molecule has 94 valence electrons. The largest absolute Gasteiger partial charge is 0.387 e. The summed E-state index contributed by atoms with van der Waals surface area (Å²) >= 11 is 0. The summed E-state index contributed by atoms with van der Waals surface area (Å²) in [6, 6.07) is 0. The van der Waals surface area contributed by atoms with Gasteiger partial charge in [0.05, 0.1) is 0 Å². The number of rotatable bonds is 0. The van der Waals surface area contributed by atoms with Crippen molar-refractivity contribution in [1.29, 1.82) is 0 Å². The van der Waals surface area contributed by atoms with Crippen molar-refractivity contribution in [3.63, 3.8) is 0 Å². The van der Waals surface area contributed by atoms with Crippen LogP contribution in [0.2, 0.25) is 0 Å². The number of nitrogens with zero attached hydrogens (tertiary/aromatic N) is 1. The Labute approximate surface area is 101 Å². The number of nitrogens with one attached hydrogen (secondary N) is 1. The fourth-order valence-electron chi connectivity index (χ4n) is 2.24. The molecule has 1 N–H and O–H groups in total. The highest BCUT2D eigenvalue weighted by atomic mass is 15.1. The Morgan fingerprint density at radius 2 is 1.56 bits per heavy atom. The quantitative estimate of drug-likeness (QED) is 0.680. The maximum Gasteiger partial charge on any atom is 0.0272 e. The smallest absolute Gasteiger partial charge is 0.0272 e. The fraction of sp³-hybridized carbons (Fsp3) is 0.857. The van der Waals surface area contributed by atoms with Gasteiger partial charge < -0.3 is 10.2 Å². The van der Waals surface area contributed by atoms with Crippen molar-refractivity contribution in [2.24, 2.45) is 10.8 Å². The second-order valence-corrected chi connectivity index (χ2v) is 7.02. The number of hydrogen-bond acceptors (Lipinski definition) is 2. The Morgan fingerprint density at radius 1 is 1.00 bits per heavy atom. The highest BCUT2D eigenvalue weighted by Crippen LogP contribution is 2.36. The predicted octanol–water partition coefficient (Wildman–Crippen LogP) is 2.87. The lowest BCUT2D eigenvalue weighted by atomic mass is 9.78. The summed E-state index contributed by atoms with van der Waals surface area (Å²) in [4.78, 5) is 2.41. The SMILES string of the molecule is CN1CCNC(C(C)(C)C)=C(C(C)(C)C)C1. The monoisotopic (exact) mass is 224 g/mol. The molecule has 0 atom stereocenters. The van der Waals surface area contributed by atoms with Crippen molar-refractivity contribution in [1.82, 2.24) is 10.2 Å². The molecule has 2 nitrogen and oxygen atoms in total. The van der Waals surface area contributed by atoms with E-state index in [1.807, 2.05) is 0 Å². The van der Waals surface area contributed by atoms with Gasteiger partial charge in [0.15, 0.2) is 0 Å². The Bertz CT molecular complexity index is 276. The molecule has 16 heavy (non-hydrogen) atoms. The van der Waals surface area contributed by atoms with E-state index in [9.17, 15) is 0 Å². The van der Waals surface area contributed by atoms with E-state index < -0.39 is 0 Å². The van der Waals surface area contributed by atoms with Crippen LogP contribution >= 0.6 is 0 Å². The molecule has 0 aromatic carbocycles. The molecule has 1 rings (SSSR count). The standard InChI is InChI=1S/C14H28N2/c1-13(2,3)11-10-16(7)9-8-15-12(11)14(4,5)6/h15H,8-10H2,1-7H3. The van der Waals surface area contributed by atoms with Gasteiger partial charge in [-0.15, -0.1) is 0 Å². The van der Waals surface area contributed by atoms with Crippen molar-refractivity contribution in [3.8, 4) is 0 Å². The minimum Gasteiger partial charge on any atom is -0.387 e. The third-order valence-electron chi connectivity index (χ3n) is 3.18. The Balaban J connectivity index is 3.18. The molecular weight excluding hydrogens is 196 g/mol. The van der Waals surface area contributed by atoms with E-state index in [-0.39, 0.29) is 10.8 Å². The van der Waals surface area contributed by atoms with E-state index in [0.29, 0.717) is 0 Å². The molecule has 0 unspecified atom stereocenters. The Kier molecular flexibility index (Phi) is 3.73. The van der Waals surface area contributed by atoms with Crippen molar-refractivity contribution >= 4 is 0 Å². The Morgan fingerprint density at radius 3 is 2.00 bits per heavy atom. The van der Waals surface area contributed by atoms with Gasteiger partial charge in [-0.2, -0.15) is 0 Å². The van der Waals surface area contributed by atoms with Crippen LogP contribution in [0.3, 0.4) is 0 Å². The number of hydrogen-bond donors (Lipinski definition) is 1. The molecule has 0 saturated carbocycles. The summed E-state index contributed by atoms with van der Waals surface area (Å²) in [7, 11) is 2.21. The van der Waals surface area contributed by atoms with Crippen LogP contribution in [0, 0.1) is 10.8 Å². The topological polar surface area (TPSA) is 15.3 Å². The van der Waals surface area contributed by atoms with Crippen LogP contribution in [0.25, 0.3) is 0 Å². The van der Waals surface area contributed by atoms with Crippen LogP contribution in [0.1, 0.15) is 41.5 Å². The summed E-state index contributed by atoms with van der Waals surface area (Å²) in [5, 5.41) is 3.65. The lowest BCUT2D eigenvalue weighted by Crippen LogP contribution is -2.30. The van der Waals surface area contributed by atoms with Gasteiger partial charge in [0.2, 0.25) is 0 Å². The zero-order chi connectivity index (χ0) is 12.6. The molecule has 1 aliphatic rings. The summed E-state index contributed by atoms with van der Waals surface area (Å²) in [5.74, 6) is 0. The van der Waals surface area contributed by atoms with Crippen LogP contribution in [0.15, 0.2) is 11.3 Å². The minimum absolute atomic E-state index is 0.216. The van der Waals surface area contributed by atoms with Gasteiger partial charge in [-0.25, -0.2) is 0 Å². The minimum atomic E-state index is 0.216. The van der Waals surface area contributed by atoms with E-state index in [2.05, 4.69) is 58.8 Å². The maximum absolute atomic E-state index is 3.65. The second-order valence-electron chi connectivity index (χ2n) is 7.02. The zero-order valence-corrected chi connectivity index (χ0v) is 12.1. The molecular formula is C14H28N2. The van der Waals surface area contributed by atoms with Crippen LogP contribution in [0.4, 0.5) is 0 Å². The van der Waals surface area contributed by atoms with E-state index in [0.717, 1.165) is 19.6 Å². The van der Waals surface area contributed by atoms with Gasteiger partial charge in [-0.1, -0.05) is 41.5 Å². The molecule has 0 aliphatic carbocycles. The number of likely N-dealkylation sites (N-methyl/N-ethyl adjacent to an activating group) is 1. The van der Waals surface area contributed by atoms with E-state index >= 15 is 0 Å². The summed E-state index contributed by atoms with van der Waals surface area (Å²) < 4.78 is 0. The maximum atomic E-state index is 3.65. The fourth-order valence-corrected chi connectivity index (χ4v) is 2.24. The highest BCUT2D eigenvalue weighted by Gasteiger charge is 2.29. The van der Waals surface area contributed by atoms with E-state index in [1.54, 1.807) is 5.57 Å². The van der Waals surface area contributed by atoms with Crippen LogP contribution in [-0.4, -0.2) is 31.6 Å². The third kappa shape index (κ3) is 3.24. The first-order valence-electron chi connectivity index (χ1n) is 6.29. The third-order valence-corrected chi connectivity index (χ3v) is 3.18. The summed E-state index contributed by atoms with van der Waals surface area (Å²) in [6.07, 6.45) is 0. The van der Waals surface area contributed by atoms with Gasteiger partial charge in [0.1, 0.15) is 0 Å². The zero-order valence-electron chi connectivity index (χ0n) is 12.1. The molecule has 0 amide bonds. The first kappa shape index (κ1) is 13.6. The lowest BCUT2D eigenvalue weighted by Gasteiger charge is -2.33. The molecule has 1 aliphatic heterocycles. The summed E-state index contributed by atoms with van der Waals surface area (Å²) in [5.41, 5.74) is 3.46. The van der Waals surface area contributed by atoms with Gasteiger partial charge >= 0.3 is 0 Å². The van der Waals surface area contributed by atoms with Crippen LogP contribution in [-0.2, 0) is 0 Å².